The van der Waals surface area contributed by atoms with Gasteiger partial charge < -0.3 is 4.57 Å². The molecule has 8 heteroatoms. The van der Waals surface area contributed by atoms with E-state index in [4.69, 9.17) is 15.0 Å². The number of pyridine rings is 1. The van der Waals surface area contributed by atoms with Crippen LogP contribution in [-0.4, -0.2) is 35.3 Å². The normalized spacial score (nSPS) is 15.6. The first-order chi connectivity index (χ1) is 55.3. The number of aryl methyl sites for hydroxylation is 4. The van der Waals surface area contributed by atoms with Crippen molar-refractivity contribution in [1.82, 2.24) is 23.7 Å². The molecular weight excluding hydrogens is 1370 g/mol. The molecule has 112 heavy (non-hydrogen) atoms. The third kappa shape index (κ3) is 11.2. The number of ketones is 1. The lowest BCUT2D eigenvalue weighted by Crippen LogP contribution is -2.25. The van der Waals surface area contributed by atoms with E-state index < -0.39 is 5.92 Å². The highest BCUT2D eigenvalue weighted by atomic mass is 16.1. The van der Waals surface area contributed by atoms with E-state index in [1.54, 1.807) is 0 Å². The van der Waals surface area contributed by atoms with Gasteiger partial charge in [-0.1, -0.05) is 279 Å². The summed E-state index contributed by atoms with van der Waals surface area (Å²) < 4.78 is 6.49. The van der Waals surface area contributed by atoms with Crippen molar-refractivity contribution in [2.45, 2.75) is 69.6 Å². The van der Waals surface area contributed by atoms with Gasteiger partial charge in [0.1, 0.15) is 5.84 Å². The molecule has 14 aromatic carbocycles. The predicted octanol–water partition coefficient (Wildman–Crippen LogP) is 24.2. The molecule has 0 bridgehead atoms. The van der Waals surface area contributed by atoms with Crippen LogP contribution < -0.4 is 5.56 Å². The molecule has 18 aromatic rings. The molecule has 3 aliphatic rings. The molecule has 0 saturated heterocycles. The van der Waals surface area contributed by atoms with Gasteiger partial charge in [-0.3, -0.25) is 14.2 Å². The molecule has 3 atom stereocenters. The van der Waals surface area contributed by atoms with Crippen molar-refractivity contribution in [1.29, 1.82) is 0 Å². The Labute approximate surface area is 649 Å². The Morgan fingerprint density at radius 1 is 0.402 bits per heavy atom. The van der Waals surface area contributed by atoms with Crippen LogP contribution in [-0.2, 0) is 36.9 Å². The molecule has 21 rings (SSSR count). The average molecular weight is 1440 g/mol. The van der Waals surface area contributed by atoms with Crippen LogP contribution in [0.4, 0.5) is 5.69 Å². The Bertz CT molecular complexity index is 6950. The van der Waals surface area contributed by atoms with Gasteiger partial charge in [0.15, 0.2) is 5.78 Å². The Balaban J connectivity index is 0.691. The van der Waals surface area contributed by atoms with E-state index in [1.165, 1.54) is 22.3 Å². The molecule has 4 heterocycles. The SMILES string of the molecule is C/C(=N\c1ccccc1CCc1ccccc1)n1c2ccccc2c2cc3c(cc21)CC(c1ccccc1)C(=O)C1=C3C(c2ccc(-c3ccc(-c4nc(-n5c(=O)c6c(c7cc8c9ccccc9n(-c9ccccc9)c8cc75)C(c5ccccc5)CCc5ccccc5-6)nc5ccccc45)cc3)cc2)CCc2ccccc21. The molecule has 0 aliphatic heterocycles. The van der Waals surface area contributed by atoms with Crippen LogP contribution in [0.5, 0.6) is 0 Å². The Morgan fingerprint density at radius 3 is 1.70 bits per heavy atom. The molecule has 534 valence electrons. The van der Waals surface area contributed by atoms with Crippen LogP contribution in [0.3, 0.4) is 0 Å². The summed E-state index contributed by atoms with van der Waals surface area (Å²) in [5.41, 5.74) is 27.4. The van der Waals surface area contributed by atoms with Gasteiger partial charge in [-0.05, 0) is 196 Å². The maximum atomic E-state index is 16.6. The van der Waals surface area contributed by atoms with Crippen molar-refractivity contribution >= 4 is 93.9 Å². The number of fused-ring (bicyclic) bond motifs is 16. The van der Waals surface area contributed by atoms with Crippen LogP contribution >= 0.6 is 0 Å². The quantitative estimate of drug-likeness (QED) is 0.0954. The third-order valence-electron chi connectivity index (χ3n) is 24.3. The number of hydrogen-bond acceptors (Lipinski definition) is 5. The van der Waals surface area contributed by atoms with E-state index in [0.717, 1.165) is 199 Å². The minimum Gasteiger partial charge on any atom is -0.309 e. The zero-order valence-electron chi connectivity index (χ0n) is 62.0. The van der Waals surface area contributed by atoms with Crippen molar-refractivity contribution < 1.29 is 4.79 Å². The van der Waals surface area contributed by atoms with E-state index in [0.29, 0.717) is 17.9 Å². The van der Waals surface area contributed by atoms with E-state index in [2.05, 4.69) is 332 Å². The average Bonchev–Trinajstić information content (AvgIpc) is 1.47. The van der Waals surface area contributed by atoms with Crippen LogP contribution in [0.15, 0.2) is 350 Å². The molecule has 0 N–H and O–H groups in total. The van der Waals surface area contributed by atoms with Gasteiger partial charge in [-0.2, -0.15) is 0 Å². The fraction of sp³-hybridized carbons (Fsp3) is 0.106. The van der Waals surface area contributed by atoms with Gasteiger partial charge in [0.05, 0.1) is 56.0 Å². The van der Waals surface area contributed by atoms with E-state index in [9.17, 15) is 0 Å². The molecule has 0 radical (unpaired) electrons. The molecular formula is C104H76N6O2. The first kappa shape index (κ1) is 66.5. The van der Waals surface area contributed by atoms with Crippen LogP contribution in [0.1, 0.15) is 98.7 Å². The fourth-order valence-electron chi connectivity index (χ4n) is 19.0. The molecule has 4 aromatic heterocycles. The van der Waals surface area contributed by atoms with Gasteiger partial charge in [0, 0.05) is 61.0 Å². The monoisotopic (exact) mass is 1440 g/mol. The summed E-state index contributed by atoms with van der Waals surface area (Å²) in [6.45, 7) is 2.14. The van der Waals surface area contributed by atoms with E-state index in [1.807, 2.05) is 28.8 Å². The highest BCUT2D eigenvalue weighted by Gasteiger charge is 2.39. The second kappa shape index (κ2) is 27.5. The summed E-state index contributed by atoms with van der Waals surface area (Å²) in [4.78, 5) is 49.5. The number of para-hydroxylation sites is 5. The molecule has 0 fully saturated rings. The number of carbonyl (C=O) groups is 1. The molecule has 3 unspecified atom stereocenters. The maximum Gasteiger partial charge on any atom is 0.266 e. The van der Waals surface area contributed by atoms with Gasteiger partial charge in [-0.25, -0.2) is 19.5 Å². The molecule has 3 aliphatic carbocycles. The van der Waals surface area contributed by atoms with Crippen LogP contribution in [0, 0.1) is 0 Å². The molecule has 8 nitrogen and oxygen atoms in total. The number of Topliss-reactive ketones (excluding diaryl/α,β-unsaturated/α-hetero) is 1. The Morgan fingerprint density at radius 2 is 0.955 bits per heavy atom. The zero-order valence-corrected chi connectivity index (χ0v) is 62.0. The number of allylic oxidation sites excluding steroid dienone is 2. The maximum absolute atomic E-state index is 16.6. The lowest BCUT2D eigenvalue weighted by atomic mass is 9.79. The topological polar surface area (TPSA) is 87.1 Å². The highest BCUT2D eigenvalue weighted by molar-refractivity contribution is 6.32. The van der Waals surface area contributed by atoms with Crippen LogP contribution in [0.2, 0.25) is 0 Å². The van der Waals surface area contributed by atoms with Gasteiger partial charge in [0.25, 0.3) is 5.56 Å². The van der Waals surface area contributed by atoms with Gasteiger partial charge >= 0.3 is 0 Å². The Hall–Kier alpha value is -13.7. The van der Waals surface area contributed by atoms with Crippen molar-refractivity contribution in [2.24, 2.45) is 4.99 Å². The van der Waals surface area contributed by atoms with E-state index in [-0.39, 0.29) is 23.2 Å². The fourth-order valence-corrected chi connectivity index (χ4v) is 19.0. The number of carbonyl (C=O) groups excluding carboxylic acids is 1. The predicted molar refractivity (Wildman–Crippen MR) is 460 cm³/mol. The van der Waals surface area contributed by atoms with Crippen LogP contribution in [0.25, 0.3) is 122 Å². The Kier molecular flexibility index (Phi) is 16.3. The number of rotatable bonds is 11. The van der Waals surface area contributed by atoms with Gasteiger partial charge in [-0.15, -0.1) is 0 Å². The minimum absolute atomic E-state index is 0.0796. The summed E-state index contributed by atoms with van der Waals surface area (Å²) >= 11 is 0. The van der Waals surface area contributed by atoms with Crippen molar-refractivity contribution in [3.63, 3.8) is 0 Å². The first-order valence-electron chi connectivity index (χ1n) is 39.3. The summed E-state index contributed by atoms with van der Waals surface area (Å²) in [6, 6.07) is 121. The molecule has 0 amide bonds. The van der Waals surface area contributed by atoms with Crippen molar-refractivity contribution in [2.75, 3.05) is 0 Å². The number of hydrogen-bond donors (Lipinski definition) is 0. The number of aliphatic imine (C=N–C) groups is 1. The molecule has 0 saturated carbocycles. The van der Waals surface area contributed by atoms with E-state index >= 15 is 9.59 Å². The standard InChI is InChI=1S/C104H76N6O2/c1-65(105-90-42-22-16-34-74(90)47-46-66-26-6-2-7-27-66)108-92-44-24-20-39-82(92)87-62-85-76(61-94(87)108)60-86(70-30-10-4-11-31-70)102(111)99-78-37-17-14-32-71(78)56-59-81(97(85)99)73-52-48-67(49-53-73)68-50-54-75(55-51-68)101-84-41-19-23-43-91(84)106-104(107-101)110-96-64-95-88(83-40-21-25-45-93(83)109(95)77-35-12-5-13-36-77)63-89(96)98-80(69-28-8-3-9-29-69)58-57-72-33-15-18-38-79(72)100(98)103(110)112/h2-45,48-55,61-64,80-81,86H,46-47,56-60H2,1H3/b105-65+. The first-order valence-corrected chi connectivity index (χ1v) is 39.3. The smallest absolute Gasteiger partial charge is 0.266 e. The second-order valence-corrected chi connectivity index (χ2v) is 30.5. The second-order valence-electron chi connectivity index (χ2n) is 30.5. The number of nitrogens with zero attached hydrogens (tertiary/aromatic N) is 6. The summed E-state index contributed by atoms with van der Waals surface area (Å²) in [5.74, 6) is 0.722. The minimum atomic E-state index is -0.424. The third-order valence-corrected chi connectivity index (χ3v) is 24.3. The van der Waals surface area contributed by atoms with Crippen molar-refractivity contribution in [3.05, 3.63) is 411 Å². The summed E-state index contributed by atoms with van der Waals surface area (Å²) in [7, 11) is 0. The molecule has 0 spiro atoms. The lowest BCUT2D eigenvalue weighted by molar-refractivity contribution is -0.115. The largest absolute Gasteiger partial charge is 0.309 e. The van der Waals surface area contributed by atoms with Gasteiger partial charge in [0.2, 0.25) is 5.95 Å². The summed E-state index contributed by atoms with van der Waals surface area (Å²) in [6.07, 6.45) is 5.59. The van der Waals surface area contributed by atoms with Crippen molar-refractivity contribution in [3.8, 4) is 45.1 Å². The zero-order chi connectivity index (χ0) is 74.5. The summed E-state index contributed by atoms with van der Waals surface area (Å²) in [5, 5.41) is 6.38. The lowest BCUT2D eigenvalue weighted by Gasteiger charge is -2.24. The number of aromatic nitrogens is 5. The highest BCUT2D eigenvalue weighted by Crippen LogP contribution is 2.53. The number of benzene rings is 14.